The maximum atomic E-state index is 13.0. The van der Waals surface area contributed by atoms with Gasteiger partial charge in [0.15, 0.2) is 0 Å². The minimum absolute atomic E-state index is 0.0135. The molecule has 0 bridgehead atoms. The summed E-state index contributed by atoms with van der Waals surface area (Å²) in [5.74, 6) is -1.21. The zero-order valence-corrected chi connectivity index (χ0v) is 16.0. The first-order valence-corrected chi connectivity index (χ1v) is 9.47. The first kappa shape index (κ1) is 22.5. The Morgan fingerprint density at radius 1 is 0.935 bits per heavy atom. The fraction of sp³-hybridized carbons (Fsp3) is 0.167. The number of ether oxygens (including phenoxy) is 1. The molecule has 0 atom stereocenters. The molecule has 0 unspecified atom stereocenters. The summed E-state index contributed by atoms with van der Waals surface area (Å²) in [5.41, 5.74) is -3.64. The Kier molecular flexibility index (Phi) is 5.42. The first-order chi connectivity index (χ1) is 14.2. The molecule has 3 rings (SSSR count). The molecule has 6 nitrogen and oxygen atoms in total. The molecule has 13 heteroatoms. The molecule has 0 amide bonds. The lowest BCUT2D eigenvalue weighted by Gasteiger charge is -2.14. The lowest BCUT2D eigenvalue weighted by molar-refractivity contribution is -0.143. The molecule has 0 spiro atoms. The second-order valence-corrected chi connectivity index (χ2v) is 7.62. The smallest absolute Gasteiger partial charge is 0.416 e. The van der Waals surface area contributed by atoms with E-state index in [1.807, 2.05) is 0 Å². The normalized spacial score (nSPS) is 12.7. The van der Waals surface area contributed by atoms with Crippen LogP contribution in [0.3, 0.4) is 0 Å². The Bertz CT molecular complexity index is 1220. The number of methoxy groups -OCH3 is 1. The number of halogens is 6. The quantitative estimate of drug-likeness (QED) is 0.304. The van der Waals surface area contributed by atoms with E-state index in [1.165, 1.54) is 6.07 Å². The molecule has 31 heavy (non-hydrogen) atoms. The van der Waals surface area contributed by atoms with Crippen LogP contribution in [-0.4, -0.2) is 21.5 Å². The molecule has 0 fully saturated rings. The molecule has 0 N–H and O–H groups in total. The number of alkyl halides is 6. The molecule has 166 valence electrons. The highest BCUT2D eigenvalue weighted by Crippen LogP contribution is 2.38. The minimum atomic E-state index is -5.23. The highest BCUT2D eigenvalue weighted by atomic mass is 32.2. The van der Waals surface area contributed by atoms with Crippen LogP contribution in [0.5, 0.6) is 5.75 Å². The summed E-state index contributed by atoms with van der Waals surface area (Å²) in [6.45, 7) is 0. The van der Waals surface area contributed by atoms with Gasteiger partial charge in [-0.25, -0.2) is 4.79 Å². The number of hydrogen-bond donors (Lipinski definition) is 0. The molecule has 0 radical (unpaired) electrons. The van der Waals surface area contributed by atoms with E-state index in [-0.39, 0.29) is 34.7 Å². The number of carbonyl (C=O) groups excluding carboxylic acids is 1. The van der Waals surface area contributed by atoms with Gasteiger partial charge in [-0.05, 0) is 30.3 Å². The summed E-state index contributed by atoms with van der Waals surface area (Å²) < 4.78 is 117. The van der Waals surface area contributed by atoms with Gasteiger partial charge in [-0.1, -0.05) is 0 Å². The van der Waals surface area contributed by atoms with E-state index in [4.69, 9.17) is 4.42 Å². The highest BCUT2D eigenvalue weighted by Gasteiger charge is 2.38. The lowest BCUT2D eigenvalue weighted by Crippen LogP contribution is -2.16. The Hall–Kier alpha value is -3.22. The van der Waals surface area contributed by atoms with Crippen molar-refractivity contribution in [1.82, 2.24) is 0 Å². The molecule has 0 aliphatic heterocycles. The lowest BCUT2D eigenvalue weighted by atomic mass is 10.1. The van der Waals surface area contributed by atoms with Gasteiger partial charge in [0.2, 0.25) is 0 Å². The number of fused-ring (bicyclic) bond motifs is 1. The van der Waals surface area contributed by atoms with Crippen molar-refractivity contribution in [3.8, 4) is 5.75 Å². The molecular formula is C18H10F6O6S. The third-order valence-electron chi connectivity index (χ3n) is 4.01. The Balaban J connectivity index is 2.03. The van der Waals surface area contributed by atoms with Crippen LogP contribution in [-0.2, 0) is 27.2 Å². The van der Waals surface area contributed by atoms with Crippen LogP contribution in [0.25, 0.3) is 11.0 Å². The molecule has 3 aromatic rings. The number of furan rings is 1. The Morgan fingerprint density at radius 3 is 2.03 bits per heavy atom. The van der Waals surface area contributed by atoms with E-state index in [2.05, 4.69) is 8.92 Å². The van der Waals surface area contributed by atoms with Crippen LogP contribution in [0.4, 0.5) is 26.3 Å². The summed E-state index contributed by atoms with van der Waals surface area (Å²) >= 11 is 0. The zero-order chi connectivity index (χ0) is 23.2. The topological polar surface area (TPSA) is 82.8 Å². The Morgan fingerprint density at radius 2 is 1.52 bits per heavy atom. The van der Waals surface area contributed by atoms with Gasteiger partial charge in [-0.3, -0.25) is 0 Å². The van der Waals surface area contributed by atoms with Crippen molar-refractivity contribution in [2.24, 2.45) is 0 Å². The van der Waals surface area contributed by atoms with Gasteiger partial charge in [0, 0.05) is 11.5 Å². The number of rotatable bonds is 4. The third-order valence-corrected chi connectivity index (χ3v) is 5.23. The van der Waals surface area contributed by atoms with Gasteiger partial charge >= 0.3 is 28.4 Å². The van der Waals surface area contributed by atoms with Crippen molar-refractivity contribution in [2.75, 3.05) is 7.11 Å². The second kappa shape index (κ2) is 7.48. The van der Waals surface area contributed by atoms with Crippen molar-refractivity contribution in [2.45, 2.75) is 17.2 Å². The number of carbonyl (C=O) groups is 1. The molecule has 1 aromatic heterocycles. The van der Waals surface area contributed by atoms with E-state index >= 15 is 0 Å². The van der Waals surface area contributed by atoms with Gasteiger partial charge in [-0.2, -0.15) is 34.8 Å². The first-order valence-electron chi connectivity index (χ1n) is 8.06. The van der Waals surface area contributed by atoms with E-state index < -0.39 is 50.2 Å². The number of benzene rings is 2. The van der Waals surface area contributed by atoms with Crippen LogP contribution in [0.1, 0.15) is 21.5 Å². The largest absolute Gasteiger partial charge is 0.465 e. The van der Waals surface area contributed by atoms with Gasteiger partial charge in [0.1, 0.15) is 28.1 Å². The van der Waals surface area contributed by atoms with Crippen molar-refractivity contribution >= 4 is 27.1 Å². The zero-order valence-electron chi connectivity index (χ0n) is 15.2. The SMILES string of the molecule is COC(=O)c1coc2cc(OS(=O)(=O)c3cc(C(F)(F)F)cc(C(F)(F)F)c3)ccc12. The summed E-state index contributed by atoms with van der Waals surface area (Å²) in [6.07, 6.45) is -9.44. The number of esters is 1. The van der Waals surface area contributed by atoms with E-state index in [0.717, 1.165) is 25.5 Å². The fourth-order valence-corrected chi connectivity index (χ4v) is 3.57. The maximum Gasteiger partial charge on any atom is 0.416 e. The predicted octanol–water partition coefficient (Wildman–Crippen LogP) is 5.02. The summed E-state index contributed by atoms with van der Waals surface area (Å²) in [5, 5.41) is 0.218. The number of hydrogen-bond acceptors (Lipinski definition) is 6. The standard InChI is InChI=1S/C18H10F6O6S/c1-28-16(25)14-8-29-15-7-11(2-3-13(14)15)30-31(26,27)12-5-9(17(19,20)21)4-10(6-12)18(22,23)24/h2-8H,1H3. The van der Waals surface area contributed by atoms with E-state index in [0.29, 0.717) is 0 Å². The van der Waals surface area contributed by atoms with Crippen LogP contribution < -0.4 is 4.18 Å². The summed E-state index contributed by atoms with van der Waals surface area (Å²) in [4.78, 5) is 10.3. The minimum Gasteiger partial charge on any atom is -0.465 e. The third kappa shape index (κ3) is 4.60. The van der Waals surface area contributed by atoms with Crippen LogP contribution >= 0.6 is 0 Å². The van der Waals surface area contributed by atoms with Crippen molar-refractivity contribution < 1.29 is 52.9 Å². The fourth-order valence-electron chi connectivity index (χ4n) is 2.57. The molecular weight excluding hydrogens is 458 g/mol. The van der Waals surface area contributed by atoms with E-state index in [9.17, 15) is 39.6 Å². The van der Waals surface area contributed by atoms with Gasteiger partial charge < -0.3 is 13.3 Å². The van der Waals surface area contributed by atoms with Crippen LogP contribution in [0.2, 0.25) is 0 Å². The Labute approximate surface area is 170 Å². The predicted molar refractivity (Wildman–Crippen MR) is 91.8 cm³/mol. The second-order valence-electron chi connectivity index (χ2n) is 6.08. The van der Waals surface area contributed by atoms with Gasteiger partial charge in [0.05, 0.1) is 18.2 Å². The summed E-state index contributed by atoms with van der Waals surface area (Å²) in [6, 6.07) is 3.11. The van der Waals surface area contributed by atoms with Crippen molar-refractivity contribution in [3.05, 3.63) is 59.4 Å². The average Bonchev–Trinajstić information content (AvgIpc) is 3.08. The van der Waals surface area contributed by atoms with Gasteiger partial charge in [-0.15, -0.1) is 0 Å². The molecule has 2 aromatic carbocycles. The maximum absolute atomic E-state index is 13.0. The van der Waals surface area contributed by atoms with E-state index in [1.54, 1.807) is 0 Å². The van der Waals surface area contributed by atoms with Gasteiger partial charge in [0.25, 0.3) is 0 Å². The van der Waals surface area contributed by atoms with Crippen LogP contribution in [0.15, 0.2) is 52.0 Å². The molecule has 0 aliphatic rings. The molecule has 0 saturated carbocycles. The average molecular weight is 468 g/mol. The molecule has 0 saturated heterocycles. The van der Waals surface area contributed by atoms with Crippen molar-refractivity contribution in [1.29, 1.82) is 0 Å². The highest BCUT2D eigenvalue weighted by molar-refractivity contribution is 7.87. The summed E-state index contributed by atoms with van der Waals surface area (Å²) in [7, 11) is -3.97. The molecule has 1 heterocycles. The monoisotopic (exact) mass is 468 g/mol. The molecule has 0 aliphatic carbocycles. The van der Waals surface area contributed by atoms with Crippen LogP contribution in [0, 0.1) is 0 Å². The van der Waals surface area contributed by atoms with Crippen molar-refractivity contribution in [3.63, 3.8) is 0 Å².